The van der Waals surface area contributed by atoms with Crippen LogP contribution in [-0.2, 0) is 46.8 Å². The molecule has 14 nitrogen and oxygen atoms in total. The third-order valence-corrected chi connectivity index (χ3v) is 13.0. The fourth-order valence-corrected chi connectivity index (χ4v) is 9.81. The molecule has 1 aromatic carbocycles. The summed E-state index contributed by atoms with van der Waals surface area (Å²) < 4.78 is 40.9. The van der Waals surface area contributed by atoms with Crippen LogP contribution in [0, 0.1) is 5.92 Å². The number of carbonyl (C=O) groups is 5. The Hall–Kier alpha value is -3.88. The van der Waals surface area contributed by atoms with E-state index >= 15 is 0 Å². The van der Waals surface area contributed by atoms with Gasteiger partial charge in [-0.15, -0.1) is 0 Å². The molecular weight excluding hydrogens is 654 g/mol. The lowest BCUT2D eigenvalue weighted by atomic mass is 9.92. The summed E-state index contributed by atoms with van der Waals surface area (Å²) in [7, 11) is -4.35. The van der Waals surface area contributed by atoms with E-state index < -0.39 is 75.4 Å². The predicted molar refractivity (Wildman–Crippen MR) is 174 cm³/mol. The molecule has 2 saturated carbocycles. The van der Waals surface area contributed by atoms with Gasteiger partial charge in [-0.1, -0.05) is 56.4 Å². The summed E-state index contributed by atoms with van der Waals surface area (Å²) in [5, 5.41) is 4.59. The third-order valence-electron chi connectivity index (χ3n) is 11.2. The zero-order valence-corrected chi connectivity index (χ0v) is 28.4. The molecule has 4 aliphatic heterocycles. The fourth-order valence-electron chi connectivity index (χ4n) is 8.30. The number of ether oxygens (including phenoxy) is 2. The molecule has 0 radical (unpaired) electrons. The van der Waals surface area contributed by atoms with E-state index in [0.29, 0.717) is 32.4 Å². The molecule has 7 unspecified atom stereocenters. The van der Waals surface area contributed by atoms with Gasteiger partial charge in [0.05, 0.1) is 11.8 Å². The third kappa shape index (κ3) is 6.82. The Kier molecular flexibility index (Phi) is 9.22. The van der Waals surface area contributed by atoms with Crippen molar-refractivity contribution in [3.8, 4) is 0 Å². The molecule has 5 amide bonds. The van der Waals surface area contributed by atoms with Gasteiger partial charge in [-0.05, 0) is 55.6 Å². The summed E-state index contributed by atoms with van der Waals surface area (Å²) in [4.78, 5) is 72.8. The number of nitrogens with one attached hydrogen (secondary N) is 3. The molecule has 1 aromatic rings. The summed E-state index contributed by atoms with van der Waals surface area (Å²) in [5.74, 6) is -2.51. The summed E-state index contributed by atoms with van der Waals surface area (Å²) >= 11 is 0. The van der Waals surface area contributed by atoms with Crippen molar-refractivity contribution in [3.63, 3.8) is 0 Å². The quantitative estimate of drug-likeness (QED) is 0.371. The largest absolute Gasteiger partial charge is 0.446 e. The Morgan fingerprint density at radius 3 is 2.47 bits per heavy atom. The van der Waals surface area contributed by atoms with Crippen LogP contribution in [0.3, 0.4) is 0 Å². The zero-order valence-electron chi connectivity index (χ0n) is 27.6. The highest BCUT2D eigenvalue weighted by molar-refractivity contribution is 7.90. The van der Waals surface area contributed by atoms with Crippen LogP contribution in [0.1, 0.15) is 88.2 Å². The van der Waals surface area contributed by atoms with Gasteiger partial charge in [0.25, 0.3) is 11.8 Å². The van der Waals surface area contributed by atoms with Crippen molar-refractivity contribution in [1.29, 1.82) is 0 Å². The number of rotatable bonds is 1. The predicted octanol–water partition coefficient (Wildman–Crippen LogP) is 2.25. The van der Waals surface area contributed by atoms with Gasteiger partial charge in [0.1, 0.15) is 18.2 Å². The first-order valence-electron chi connectivity index (χ1n) is 17.7. The number of carbonyl (C=O) groups excluding carboxylic acids is 5. The lowest BCUT2D eigenvalue weighted by molar-refractivity contribution is -0.153. The van der Waals surface area contributed by atoms with E-state index in [2.05, 4.69) is 15.4 Å². The number of benzene rings is 1. The first kappa shape index (κ1) is 33.6. The molecule has 7 atom stereocenters. The highest BCUT2D eigenvalue weighted by Crippen LogP contribution is 2.40. The van der Waals surface area contributed by atoms with Gasteiger partial charge >= 0.3 is 12.2 Å². The van der Waals surface area contributed by atoms with Crippen LogP contribution in [0.15, 0.2) is 24.3 Å². The van der Waals surface area contributed by atoms with Crippen molar-refractivity contribution in [2.75, 3.05) is 13.1 Å². The number of fused-ring (bicyclic) bond motifs is 5. The Bertz CT molecular complexity index is 1620. The monoisotopic (exact) mass is 699 g/mol. The lowest BCUT2D eigenvalue weighted by Gasteiger charge is -2.37. The van der Waals surface area contributed by atoms with Crippen molar-refractivity contribution < 1.29 is 41.9 Å². The molecule has 5 fully saturated rings. The summed E-state index contributed by atoms with van der Waals surface area (Å²) in [5.41, 5.74) is -0.238. The Morgan fingerprint density at radius 1 is 0.898 bits per heavy atom. The van der Waals surface area contributed by atoms with E-state index in [1.165, 1.54) is 4.90 Å². The molecule has 2 aliphatic carbocycles. The number of hydrogen-bond acceptors (Lipinski definition) is 9. The number of amides is 5. The highest BCUT2D eigenvalue weighted by Gasteiger charge is 2.62. The van der Waals surface area contributed by atoms with E-state index in [1.807, 2.05) is 24.3 Å². The second-order valence-electron chi connectivity index (χ2n) is 14.5. The standard InChI is InChI=1S/C34H45N5O9S/c40-29-27-11-5-3-1-2-4-9-22-16-28(22)35-30(41)34(31(42)37-49(45,46)26-13-12-24(17-26)47-32(43)36-27)18-25(20-39(29)34)48-33(44)38-15-14-21-8-6-7-10-23(21)19-38/h6-8,10,22,24-28H,1-5,9,11-20H2,(H,35,41)(H,36,43)(H,37,42). The van der Waals surface area contributed by atoms with E-state index in [4.69, 9.17) is 9.47 Å². The lowest BCUT2D eigenvalue weighted by Crippen LogP contribution is -2.68. The summed E-state index contributed by atoms with van der Waals surface area (Å²) in [6.45, 7) is 0.368. The molecule has 15 heteroatoms. The smallest absolute Gasteiger partial charge is 0.410 e. The highest BCUT2D eigenvalue weighted by atomic mass is 32.2. The minimum Gasteiger partial charge on any atom is -0.446 e. The number of sulfonamides is 1. The van der Waals surface area contributed by atoms with E-state index in [-0.39, 0.29) is 44.2 Å². The first-order chi connectivity index (χ1) is 23.5. The summed E-state index contributed by atoms with van der Waals surface area (Å²) in [6.07, 6.45) is 3.40. The molecule has 266 valence electrons. The minimum absolute atomic E-state index is 0.0273. The molecule has 7 rings (SSSR count). The van der Waals surface area contributed by atoms with Crippen molar-refractivity contribution in [3.05, 3.63) is 35.4 Å². The van der Waals surface area contributed by atoms with Crippen LogP contribution >= 0.6 is 0 Å². The van der Waals surface area contributed by atoms with Crippen LogP contribution in [0.4, 0.5) is 9.59 Å². The molecule has 49 heavy (non-hydrogen) atoms. The van der Waals surface area contributed by atoms with Gasteiger partial charge in [-0.3, -0.25) is 19.1 Å². The van der Waals surface area contributed by atoms with Crippen molar-refractivity contribution >= 4 is 39.9 Å². The minimum atomic E-state index is -4.35. The maximum Gasteiger partial charge on any atom is 0.410 e. The average Bonchev–Trinajstić information content (AvgIpc) is 3.43. The van der Waals surface area contributed by atoms with Gasteiger partial charge < -0.3 is 29.9 Å². The molecule has 3 N–H and O–H groups in total. The molecule has 0 aromatic heterocycles. The average molecular weight is 700 g/mol. The number of hydrogen-bond donors (Lipinski definition) is 3. The van der Waals surface area contributed by atoms with Crippen LogP contribution in [-0.4, -0.2) is 96.3 Å². The van der Waals surface area contributed by atoms with E-state index in [1.54, 1.807) is 0 Å². The second kappa shape index (κ2) is 13.4. The van der Waals surface area contributed by atoms with Gasteiger partial charge in [0, 0.05) is 32.0 Å². The first-order valence-corrected chi connectivity index (χ1v) is 19.3. The SMILES string of the molecule is O=C1NC2CCCCCCCC3CC3NC(=O)C3(CC(OC(=O)N4CCc5ccccc5C4)CN3C2=O)C(=O)NS(=O)(=O)C2CCC(C2)O1. The van der Waals surface area contributed by atoms with E-state index in [0.717, 1.165) is 48.1 Å². The van der Waals surface area contributed by atoms with Gasteiger partial charge in [-0.25, -0.2) is 18.0 Å². The maximum atomic E-state index is 14.6. The molecular formula is C34H45N5O9S. The van der Waals surface area contributed by atoms with Gasteiger partial charge in [-0.2, -0.15) is 0 Å². The van der Waals surface area contributed by atoms with Crippen LogP contribution in [0.5, 0.6) is 0 Å². The van der Waals surface area contributed by atoms with E-state index in [9.17, 15) is 32.4 Å². The van der Waals surface area contributed by atoms with Crippen LogP contribution in [0.2, 0.25) is 0 Å². The van der Waals surface area contributed by atoms with Crippen molar-refractivity contribution in [2.45, 2.75) is 125 Å². The van der Waals surface area contributed by atoms with Crippen LogP contribution in [0.25, 0.3) is 0 Å². The Balaban J connectivity index is 1.24. The summed E-state index contributed by atoms with van der Waals surface area (Å²) in [6, 6.07) is 6.40. The Labute approximate surface area is 286 Å². The topological polar surface area (TPSA) is 181 Å². The van der Waals surface area contributed by atoms with Crippen molar-refractivity contribution in [1.82, 2.24) is 25.2 Å². The van der Waals surface area contributed by atoms with Crippen LogP contribution < -0.4 is 15.4 Å². The number of nitrogens with zero attached hydrogens (tertiary/aromatic N) is 2. The van der Waals surface area contributed by atoms with Gasteiger partial charge in [0.15, 0.2) is 0 Å². The molecule has 0 spiro atoms. The normalized spacial score (nSPS) is 34.9. The fraction of sp³-hybridized carbons (Fsp3) is 0.676. The molecule has 3 saturated heterocycles. The molecule has 6 aliphatic rings. The van der Waals surface area contributed by atoms with Gasteiger partial charge in [0.2, 0.25) is 21.5 Å². The number of alkyl carbamates (subject to hydrolysis) is 1. The zero-order chi connectivity index (χ0) is 34.3. The second-order valence-corrected chi connectivity index (χ2v) is 16.5. The molecule has 4 heterocycles. The maximum absolute atomic E-state index is 14.6. The molecule has 4 bridgehead atoms. The Morgan fingerprint density at radius 2 is 1.65 bits per heavy atom. The van der Waals surface area contributed by atoms with Crippen molar-refractivity contribution in [2.24, 2.45) is 5.92 Å².